The van der Waals surface area contributed by atoms with Crippen molar-refractivity contribution in [2.75, 3.05) is 13.6 Å². The van der Waals surface area contributed by atoms with Gasteiger partial charge in [-0.15, -0.1) is 0 Å². The van der Waals surface area contributed by atoms with E-state index in [1.165, 1.54) is 27.8 Å². The molecule has 0 fully saturated rings. The van der Waals surface area contributed by atoms with E-state index < -0.39 is 0 Å². The van der Waals surface area contributed by atoms with Crippen molar-refractivity contribution in [3.05, 3.63) is 70.3 Å². The molecule has 2 aromatic carbocycles. The third-order valence-corrected chi connectivity index (χ3v) is 6.09. The quantitative estimate of drug-likeness (QED) is 0.923. The smallest absolute Gasteiger partial charge is 0.223 e. The van der Waals surface area contributed by atoms with Crippen molar-refractivity contribution in [1.29, 1.82) is 0 Å². The molecule has 0 saturated carbocycles. The van der Waals surface area contributed by atoms with Gasteiger partial charge in [0.05, 0.1) is 0 Å². The number of rotatable bonds is 3. The zero-order valence-electron chi connectivity index (χ0n) is 15.8. The average Bonchev–Trinajstić information content (AvgIpc) is 2.66. The summed E-state index contributed by atoms with van der Waals surface area (Å²) in [6.07, 6.45) is 3.88. The van der Waals surface area contributed by atoms with Crippen molar-refractivity contribution in [2.45, 2.75) is 45.2 Å². The van der Waals surface area contributed by atoms with E-state index in [0.717, 1.165) is 38.8 Å². The summed E-state index contributed by atoms with van der Waals surface area (Å²) in [5.74, 6) is 0.344. The van der Waals surface area contributed by atoms with Gasteiger partial charge in [0.15, 0.2) is 0 Å². The van der Waals surface area contributed by atoms with E-state index in [9.17, 15) is 4.79 Å². The standard InChI is InChI=1S/C23H28N2O/c1-16-7-8-20-15-25(2)22(13-21(20)11-16)14-24-23(26)19-10-9-17-5-3-4-6-18(17)12-19/h3-8,11,19,22H,9-10,12-15H2,1-2H3,(H,24,26)/t19?,22-/m0/s1. The van der Waals surface area contributed by atoms with Crippen LogP contribution >= 0.6 is 0 Å². The Kier molecular flexibility index (Phi) is 4.82. The summed E-state index contributed by atoms with van der Waals surface area (Å²) in [5, 5.41) is 3.25. The highest BCUT2D eigenvalue weighted by Gasteiger charge is 2.27. The average molecular weight is 348 g/mol. The molecule has 1 N–H and O–H groups in total. The van der Waals surface area contributed by atoms with E-state index >= 15 is 0 Å². The Balaban J connectivity index is 1.36. The first-order valence-electron chi connectivity index (χ1n) is 9.73. The van der Waals surface area contributed by atoms with Gasteiger partial charge in [-0.2, -0.15) is 0 Å². The van der Waals surface area contributed by atoms with Crippen molar-refractivity contribution in [3.63, 3.8) is 0 Å². The first-order chi connectivity index (χ1) is 12.6. The van der Waals surface area contributed by atoms with Crippen LogP contribution in [0, 0.1) is 12.8 Å². The molecular formula is C23H28N2O. The Hall–Kier alpha value is -2.13. The van der Waals surface area contributed by atoms with Gasteiger partial charge < -0.3 is 5.32 Å². The fraction of sp³-hybridized carbons (Fsp3) is 0.435. The summed E-state index contributed by atoms with van der Waals surface area (Å²) in [7, 11) is 2.16. The summed E-state index contributed by atoms with van der Waals surface area (Å²) < 4.78 is 0. The van der Waals surface area contributed by atoms with E-state index in [0.29, 0.717) is 6.04 Å². The van der Waals surface area contributed by atoms with Crippen LogP contribution in [0.5, 0.6) is 0 Å². The summed E-state index contributed by atoms with van der Waals surface area (Å²) in [6.45, 7) is 3.85. The van der Waals surface area contributed by atoms with E-state index in [-0.39, 0.29) is 11.8 Å². The number of amides is 1. The minimum absolute atomic E-state index is 0.119. The molecule has 1 aliphatic carbocycles. The van der Waals surface area contributed by atoms with Crippen molar-refractivity contribution < 1.29 is 4.79 Å². The number of benzene rings is 2. The molecule has 2 aromatic rings. The normalized spacial score (nSPS) is 22.4. The summed E-state index contributed by atoms with van der Waals surface area (Å²) >= 11 is 0. The lowest BCUT2D eigenvalue weighted by molar-refractivity contribution is -0.125. The number of hydrogen-bond donors (Lipinski definition) is 1. The van der Waals surface area contributed by atoms with Gasteiger partial charge in [-0.1, -0.05) is 48.0 Å². The lowest BCUT2D eigenvalue weighted by Gasteiger charge is -2.35. The predicted molar refractivity (Wildman–Crippen MR) is 105 cm³/mol. The van der Waals surface area contributed by atoms with Crippen molar-refractivity contribution in [3.8, 4) is 0 Å². The lowest BCUT2D eigenvalue weighted by atomic mass is 9.83. The molecule has 0 spiro atoms. The van der Waals surface area contributed by atoms with Crippen LogP contribution in [0.2, 0.25) is 0 Å². The Morgan fingerprint density at radius 2 is 1.88 bits per heavy atom. The molecule has 2 atom stereocenters. The molecule has 1 aliphatic heterocycles. The number of nitrogens with zero attached hydrogens (tertiary/aromatic N) is 1. The maximum Gasteiger partial charge on any atom is 0.223 e. The molecule has 0 saturated heterocycles. The van der Waals surface area contributed by atoms with Crippen LogP contribution in [-0.4, -0.2) is 30.4 Å². The van der Waals surface area contributed by atoms with Gasteiger partial charge in [0.25, 0.3) is 0 Å². The number of carbonyl (C=O) groups excluding carboxylic acids is 1. The lowest BCUT2D eigenvalue weighted by Crippen LogP contribution is -2.47. The topological polar surface area (TPSA) is 32.3 Å². The minimum atomic E-state index is 0.119. The van der Waals surface area contributed by atoms with Crippen molar-refractivity contribution in [1.82, 2.24) is 10.2 Å². The second-order valence-electron chi connectivity index (χ2n) is 8.00. The third-order valence-electron chi connectivity index (χ3n) is 6.09. The predicted octanol–water partition coefficient (Wildman–Crippen LogP) is 3.27. The largest absolute Gasteiger partial charge is 0.354 e. The number of nitrogens with one attached hydrogen (secondary N) is 1. The highest BCUT2D eigenvalue weighted by Crippen LogP contribution is 2.26. The van der Waals surface area contributed by atoms with Gasteiger partial charge in [-0.05, 0) is 61.9 Å². The second kappa shape index (κ2) is 7.24. The molecule has 1 amide bonds. The molecule has 0 bridgehead atoms. The maximum absolute atomic E-state index is 12.7. The van der Waals surface area contributed by atoms with Crippen LogP contribution in [-0.2, 0) is 30.6 Å². The zero-order valence-corrected chi connectivity index (χ0v) is 15.8. The van der Waals surface area contributed by atoms with Gasteiger partial charge in [0.2, 0.25) is 5.91 Å². The summed E-state index contributed by atoms with van der Waals surface area (Å²) in [4.78, 5) is 15.1. The number of likely N-dealkylation sites (N-methyl/N-ethyl adjacent to an activating group) is 1. The SMILES string of the molecule is Cc1ccc2c(c1)C[C@@H](CNC(=O)C1CCc3ccccc3C1)N(C)C2. The number of hydrogen-bond acceptors (Lipinski definition) is 2. The molecule has 136 valence electrons. The highest BCUT2D eigenvalue weighted by molar-refractivity contribution is 5.79. The van der Waals surface area contributed by atoms with Crippen LogP contribution in [0.1, 0.15) is 34.2 Å². The Morgan fingerprint density at radius 1 is 1.08 bits per heavy atom. The summed E-state index contributed by atoms with van der Waals surface area (Å²) in [6, 6.07) is 15.7. The number of fused-ring (bicyclic) bond motifs is 2. The third kappa shape index (κ3) is 3.54. The molecule has 3 nitrogen and oxygen atoms in total. The van der Waals surface area contributed by atoms with Gasteiger partial charge >= 0.3 is 0 Å². The fourth-order valence-electron chi connectivity index (χ4n) is 4.42. The van der Waals surface area contributed by atoms with Gasteiger partial charge in [0.1, 0.15) is 0 Å². The van der Waals surface area contributed by atoms with E-state index in [2.05, 4.69) is 66.7 Å². The highest BCUT2D eigenvalue weighted by atomic mass is 16.1. The van der Waals surface area contributed by atoms with Crippen molar-refractivity contribution in [2.24, 2.45) is 5.92 Å². The molecule has 4 rings (SSSR count). The van der Waals surface area contributed by atoms with Gasteiger partial charge in [-0.25, -0.2) is 0 Å². The van der Waals surface area contributed by atoms with E-state index in [1.54, 1.807) is 0 Å². The molecule has 3 heteroatoms. The molecule has 1 heterocycles. The monoisotopic (exact) mass is 348 g/mol. The van der Waals surface area contributed by atoms with Crippen LogP contribution in [0.25, 0.3) is 0 Å². The second-order valence-corrected chi connectivity index (χ2v) is 8.00. The molecule has 0 radical (unpaired) electrons. The first kappa shape index (κ1) is 17.3. The molecule has 2 aliphatic rings. The van der Waals surface area contributed by atoms with Crippen molar-refractivity contribution >= 4 is 5.91 Å². The summed E-state index contributed by atoms with van der Waals surface area (Å²) in [5.41, 5.74) is 6.93. The number of carbonyl (C=O) groups is 1. The molecule has 1 unspecified atom stereocenters. The van der Waals surface area contributed by atoms with Crippen LogP contribution in [0.3, 0.4) is 0 Å². The van der Waals surface area contributed by atoms with Crippen LogP contribution < -0.4 is 5.32 Å². The molecule has 26 heavy (non-hydrogen) atoms. The van der Waals surface area contributed by atoms with Crippen LogP contribution in [0.15, 0.2) is 42.5 Å². The van der Waals surface area contributed by atoms with Crippen LogP contribution in [0.4, 0.5) is 0 Å². The van der Waals surface area contributed by atoms with Gasteiger partial charge in [0, 0.05) is 25.0 Å². The molecule has 0 aromatic heterocycles. The van der Waals surface area contributed by atoms with E-state index in [4.69, 9.17) is 0 Å². The Morgan fingerprint density at radius 3 is 2.73 bits per heavy atom. The number of aryl methyl sites for hydroxylation is 2. The minimum Gasteiger partial charge on any atom is -0.354 e. The zero-order chi connectivity index (χ0) is 18.1. The fourth-order valence-corrected chi connectivity index (χ4v) is 4.42. The van der Waals surface area contributed by atoms with E-state index in [1.807, 2.05) is 0 Å². The maximum atomic E-state index is 12.7. The Labute approximate surface area is 156 Å². The Bertz CT molecular complexity index is 814. The van der Waals surface area contributed by atoms with Gasteiger partial charge in [-0.3, -0.25) is 9.69 Å². The first-order valence-corrected chi connectivity index (χ1v) is 9.73. The molecular weight excluding hydrogens is 320 g/mol.